The molecule has 1 saturated heterocycles. The van der Waals surface area contributed by atoms with Crippen LogP contribution in [0.3, 0.4) is 0 Å². The highest BCUT2D eigenvalue weighted by atomic mass is 32.2. The summed E-state index contributed by atoms with van der Waals surface area (Å²) in [6.07, 6.45) is 3.83. The van der Waals surface area contributed by atoms with Gasteiger partial charge in [0.25, 0.3) is 11.8 Å². The molecule has 4 rings (SSSR count). The summed E-state index contributed by atoms with van der Waals surface area (Å²) in [5.74, 6) is -1.64. The number of hydrazine groups is 1. The van der Waals surface area contributed by atoms with E-state index in [2.05, 4.69) is 16.2 Å². The molecule has 210 valence electrons. The van der Waals surface area contributed by atoms with Crippen LogP contribution in [0.15, 0.2) is 29.2 Å². The molecule has 0 aliphatic carbocycles. The van der Waals surface area contributed by atoms with Crippen molar-refractivity contribution in [1.29, 1.82) is 0 Å². The standard InChI is InChI=1S/C26H33N5O6S2/c1-4-19-7-5-6-13-31(19)39(36,37)20-10-8-18(9-11-20)24(34)27-26-23(25(35)29-28-16(2)32)21-12-14-30(17(3)33)15-22(21)38-26/h8-11,19H,4-7,12-15H2,1-3H3,(H,27,34)(H,28,32)(H,29,35). The van der Waals surface area contributed by atoms with Crippen molar-refractivity contribution >= 4 is 50.0 Å². The number of nitrogens with one attached hydrogen (secondary N) is 3. The summed E-state index contributed by atoms with van der Waals surface area (Å²) in [5.41, 5.74) is 5.78. The minimum absolute atomic E-state index is 0.0300. The average molecular weight is 576 g/mol. The van der Waals surface area contributed by atoms with E-state index >= 15 is 0 Å². The van der Waals surface area contributed by atoms with Gasteiger partial charge in [0.15, 0.2) is 0 Å². The van der Waals surface area contributed by atoms with Gasteiger partial charge in [-0.3, -0.25) is 30.0 Å². The molecule has 2 aliphatic heterocycles. The third-order valence-corrected chi connectivity index (χ3v) is 10.2. The van der Waals surface area contributed by atoms with E-state index < -0.39 is 27.7 Å². The molecule has 13 heteroatoms. The van der Waals surface area contributed by atoms with Crippen molar-refractivity contribution in [2.45, 2.75) is 70.4 Å². The lowest BCUT2D eigenvalue weighted by Crippen LogP contribution is -2.43. The highest BCUT2D eigenvalue weighted by Gasteiger charge is 2.33. The van der Waals surface area contributed by atoms with Crippen LogP contribution in [0.4, 0.5) is 5.00 Å². The van der Waals surface area contributed by atoms with E-state index in [-0.39, 0.29) is 33.0 Å². The normalized spacial score (nSPS) is 17.7. The molecule has 0 radical (unpaired) electrons. The van der Waals surface area contributed by atoms with Crippen LogP contribution in [0.5, 0.6) is 0 Å². The molecular weight excluding hydrogens is 542 g/mol. The van der Waals surface area contributed by atoms with Crippen molar-refractivity contribution in [2.24, 2.45) is 0 Å². The average Bonchev–Trinajstić information content (AvgIpc) is 3.28. The summed E-state index contributed by atoms with van der Waals surface area (Å²) >= 11 is 1.20. The second-order valence-electron chi connectivity index (χ2n) is 9.69. The Morgan fingerprint density at radius 3 is 2.36 bits per heavy atom. The fraction of sp³-hybridized carbons (Fsp3) is 0.462. The van der Waals surface area contributed by atoms with Gasteiger partial charge in [0.2, 0.25) is 21.8 Å². The van der Waals surface area contributed by atoms with Gasteiger partial charge in [-0.15, -0.1) is 11.3 Å². The Morgan fingerprint density at radius 1 is 1.00 bits per heavy atom. The van der Waals surface area contributed by atoms with Crippen molar-refractivity contribution in [3.8, 4) is 0 Å². The molecule has 0 spiro atoms. The number of piperidine rings is 1. The third-order valence-electron chi connectivity index (χ3n) is 7.08. The molecule has 3 N–H and O–H groups in total. The van der Waals surface area contributed by atoms with Crippen molar-refractivity contribution in [3.63, 3.8) is 0 Å². The van der Waals surface area contributed by atoms with Crippen molar-refractivity contribution < 1.29 is 27.6 Å². The number of hydrogen-bond donors (Lipinski definition) is 3. The van der Waals surface area contributed by atoms with Gasteiger partial charge in [-0.25, -0.2) is 8.42 Å². The maximum Gasteiger partial charge on any atom is 0.272 e. The number of thiophene rings is 1. The SMILES string of the molecule is CCC1CCCCN1S(=O)(=O)c1ccc(C(=O)Nc2sc3c(c2C(=O)NNC(C)=O)CCN(C(C)=O)C3)cc1. The highest BCUT2D eigenvalue weighted by molar-refractivity contribution is 7.89. The zero-order chi connectivity index (χ0) is 28.3. The zero-order valence-corrected chi connectivity index (χ0v) is 23.8. The molecule has 1 atom stereocenters. The lowest BCUT2D eigenvalue weighted by Gasteiger charge is -2.34. The van der Waals surface area contributed by atoms with Gasteiger partial charge >= 0.3 is 0 Å². The first kappa shape index (κ1) is 28.7. The largest absolute Gasteiger partial charge is 0.337 e. The van der Waals surface area contributed by atoms with E-state index in [1.807, 2.05) is 6.92 Å². The van der Waals surface area contributed by atoms with Crippen LogP contribution in [-0.4, -0.2) is 60.4 Å². The predicted molar refractivity (Wildman–Crippen MR) is 147 cm³/mol. The molecule has 1 aromatic heterocycles. The van der Waals surface area contributed by atoms with Crippen LogP contribution in [0, 0.1) is 0 Å². The van der Waals surface area contributed by atoms with Crippen LogP contribution < -0.4 is 16.2 Å². The van der Waals surface area contributed by atoms with E-state index in [0.717, 1.165) is 30.6 Å². The molecule has 1 fully saturated rings. The smallest absolute Gasteiger partial charge is 0.272 e. The number of carbonyl (C=O) groups is 4. The number of nitrogens with zero attached hydrogens (tertiary/aromatic N) is 2. The minimum Gasteiger partial charge on any atom is -0.337 e. The summed E-state index contributed by atoms with van der Waals surface area (Å²) in [5, 5.41) is 3.06. The number of carbonyl (C=O) groups excluding carboxylic acids is 4. The Morgan fingerprint density at radius 2 is 1.72 bits per heavy atom. The molecule has 39 heavy (non-hydrogen) atoms. The lowest BCUT2D eigenvalue weighted by molar-refractivity contribution is -0.129. The molecule has 4 amide bonds. The molecule has 1 unspecified atom stereocenters. The Labute approximate surface area is 232 Å². The van der Waals surface area contributed by atoms with E-state index in [1.54, 1.807) is 9.21 Å². The summed E-state index contributed by atoms with van der Waals surface area (Å²) < 4.78 is 28.1. The monoisotopic (exact) mass is 575 g/mol. The fourth-order valence-electron chi connectivity index (χ4n) is 5.00. The Hall–Kier alpha value is -3.29. The van der Waals surface area contributed by atoms with Gasteiger partial charge in [0, 0.05) is 43.4 Å². The summed E-state index contributed by atoms with van der Waals surface area (Å²) in [4.78, 5) is 51.9. The quantitative estimate of drug-likeness (QED) is 0.452. The van der Waals surface area contributed by atoms with Crippen LogP contribution in [0.25, 0.3) is 0 Å². The Balaban J connectivity index is 1.57. The van der Waals surface area contributed by atoms with Gasteiger partial charge < -0.3 is 10.2 Å². The second kappa shape index (κ2) is 11.8. The first-order valence-electron chi connectivity index (χ1n) is 12.9. The van der Waals surface area contributed by atoms with E-state index in [0.29, 0.717) is 31.6 Å². The first-order valence-corrected chi connectivity index (χ1v) is 15.2. The topological polar surface area (TPSA) is 145 Å². The molecule has 2 aliphatic rings. The molecule has 0 saturated carbocycles. The number of fused-ring (bicyclic) bond motifs is 1. The summed E-state index contributed by atoms with van der Waals surface area (Å²) in [6, 6.07) is 5.74. The summed E-state index contributed by atoms with van der Waals surface area (Å²) in [6.45, 7) is 5.94. The van der Waals surface area contributed by atoms with Gasteiger partial charge in [-0.05, 0) is 55.5 Å². The van der Waals surface area contributed by atoms with Crippen molar-refractivity contribution in [2.75, 3.05) is 18.4 Å². The summed E-state index contributed by atoms with van der Waals surface area (Å²) in [7, 11) is -3.69. The molecule has 1 aromatic carbocycles. The number of hydrogen-bond acceptors (Lipinski definition) is 7. The Kier molecular flexibility index (Phi) is 8.72. The zero-order valence-electron chi connectivity index (χ0n) is 22.2. The van der Waals surface area contributed by atoms with Crippen LogP contribution >= 0.6 is 11.3 Å². The predicted octanol–water partition coefficient (Wildman–Crippen LogP) is 2.64. The number of amides is 4. The van der Waals surface area contributed by atoms with E-state index in [4.69, 9.17) is 0 Å². The van der Waals surface area contributed by atoms with Gasteiger partial charge in [0.05, 0.1) is 17.0 Å². The molecule has 3 heterocycles. The fourth-order valence-corrected chi connectivity index (χ4v) is 8.02. The molecule has 2 aromatic rings. The third kappa shape index (κ3) is 6.15. The number of sulfonamides is 1. The minimum atomic E-state index is -3.69. The maximum absolute atomic E-state index is 13.3. The molecule has 11 nitrogen and oxygen atoms in total. The second-order valence-corrected chi connectivity index (χ2v) is 12.7. The Bertz CT molecular complexity index is 1390. The highest BCUT2D eigenvalue weighted by Crippen LogP contribution is 2.37. The molecule has 0 bridgehead atoms. The van der Waals surface area contributed by atoms with Crippen LogP contribution in [0.1, 0.15) is 77.6 Å². The van der Waals surface area contributed by atoms with Gasteiger partial charge in [-0.2, -0.15) is 4.31 Å². The van der Waals surface area contributed by atoms with Gasteiger partial charge in [-0.1, -0.05) is 13.3 Å². The van der Waals surface area contributed by atoms with Crippen molar-refractivity contribution in [1.82, 2.24) is 20.1 Å². The van der Waals surface area contributed by atoms with E-state index in [9.17, 15) is 27.6 Å². The van der Waals surface area contributed by atoms with Crippen molar-refractivity contribution in [3.05, 3.63) is 45.8 Å². The van der Waals surface area contributed by atoms with E-state index in [1.165, 1.54) is 49.4 Å². The number of rotatable bonds is 6. The van der Waals surface area contributed by atoms with Crippen LogP contribution in [-0.2, 0) is 32.6 Å². The van der Waals surface area contributed by atoms with Gasteiger partial charge in [0.1, 0.15) is 5.00 Å². The number of anilines is 1. The first-order chi connectivity index (χ1) is 18.5. The molecular formula is C26H33N5O6S2. The van der Waals surface area contributed by atoms with Crippen LogP contribution in [0.2, 0.25) is 0 Å². The lowest BCUT2D eigenvalue weighted by atomic mass is 10.0. The number of benzene rings is 1. The maximum atomic E-state index is 13.3.